The van der Waals surface area contributed by atoms with Crippen LogP contribution in [0.1, 0.15) is 0 Å². The van der Waals surface area contributed by atoms with Crippen molar-refractivity contribution in [1.29, 1.82) is 0 Å². The van der Waals surface area contributed by atoms with Gasteiger partial charge in [0.15, 0.2) is 17.5 Å². The third-order valence-corrected chi connectivity index (χ3v) is 12.3. The topological polar surface area (TPSA) is 56.7 Å². The van der Waals surface area contributed by atoms with Gasteiger partial charge in [-0.05, 0) is 59.7 Å². The highest BCUT2D eigenvalue weighted by molar-refractivity contribution is 7.26. The number of aromatic nitrogens is 4. The van der Waals surface area contributed by atoms with E-state index < -0.39 is 0 Å². The summed E-state index contributed by atoms with van der Waals surface area (Å²) in [4.78, 5) is 14.7. The van der Waals surface area contributed by atoms with E-state index in [2.05, 4.69) is 120 Å². The summed E-state index contributed by atoms with van der Waals surface area (Å²) < 4.78 is 11.6. The Morgan fingerprint density at radius 1 is 0.368 bits per heavy atom. The fourth-order valence-corrected chi connectivity index (χ4v) is 9.60. The number of benzene rings is 8. The largest absolute Gasteiger partial charge is 0.456 e. The summed E-state index contributed by atoms with van der Waals surface area (Å²) in [7, 11) is 0. The van der Waals surface area contributed by atoms with Crippen LogP contribution in [0.5, 0.6) is 0 Å². The molecule has 0 aliphatic carbocycles. The van der Waals surface area contributed by atoms with Crippen LogP contribution in [0.3, 0.4) is 0 Å². The summed E-state index contributed by atoms with van der Waals surface area (Å²) in [6.45, 7) is 0. The van der Waals surface area contributed by atoms with E-state index in [0.29, 0.717) is 17.5 Å². The maximum Gasteiger partial charge on any atom is 0.164 e. The van der Waals surface area contributed by atoms with Crippen LogP contribution < -0.4 is 0 Å². The maximum atomic E-state index is 6.60. The molecule has 0 bridgehead atoms. The van der Waals surface area contributed by atoms with Crippen molar-refractivity contribution in [2.24, 2.45) is 0 Å². The molecule has 266 valence electrons. The summed E-state index contributed by atoms with van der Waals surface area (Å²) in [5.74, 6) is 1.86. The average Bonchev–Trinajstić information content (AvgIpc) is 3.95. The van der Waals surface area contributed by atoms with Crippen molar-refractivity contribution >= 4 is 75.3 Å². The van der Waals surface area contributed by atoms with Crippen molar-refractivity contribution < 1.29 is 4.42 Å². The molecule has 0 radical (unpaired) electrons. The Kier molecular flexibility index (Phi) is 7.03. The normalized spacial score (nSPS) is 11.9. The summed E-state index contributed by atoms with van der Waals surface area (Å²) in [5.41, 5.74) is 10.3. The molecule has 5 nitrogen and oxygen atoms in total. The highest BCUT2D eigenvalue weighted by atomic mass is 32.1. The number of furan rings is 1. The highest BCUT2D eigenvalue weighted by Crippen LogP contribution is 2.43. The number of thiophene rings is 1. The minimum absolute atomic E-state index is 0.601. The predicted molar refractivity (Wildman–Crippen MR) is 236 cm³/mol. The third-order valence-electron chi connectivity index (χ3n) is 11.1. The molecule has 0 atom stereocenters. The van der Waals surface area contributed by atoms with Crippen molar-refractivity contribution in [3.8, 4) is 51.0 Å². The number of hydrogen-bond acceptors (Lipinski definition) is 5. The molecule has 12 rings (SSSR count). The molecule has 4 aromatic heterocycles. The van der Waals surface area contributed by atoms with Gasteiger partial charge in [-0.3, -0.25) is 0 Å². The van der Waals surface area contributed by atoms with E-state index in [-0.39, 0.29) is 0 Å². The molecule has 0 spiro atoms. The molecule has 0 N–H and O–H groups in total. The number of nitrogens with zero attached hydrogens (tertiary/aromatic N) is 4. The third kappa shape index (κ3) is 5.12. The first-order chi connectivity index (χ1) is 28.2. The second-order valence-electron chi connectivity index (χ2n) is 14.4. The number of fused-ring (bicyclic) bond motifs is 9. The van der Waals surface area contributed by atoms with Crippen molar-refractivity contribution in [1.82, 2.24) is 19.5 Å². The SMILES string of the molecule is c1ccc(-c2nc(-c3ccccc3)nc(-c3ccc4c(c3)oc3cc(-c5ccc6c(c5)sc5c(-n7c8ccccc8c8ccccc87)cccc56)ccc34)n2)cc1. The lowest BCUT2D eigenvalue weighted by molar-refractivity contribution is 0.669. The Labute approximate surface area is 330 Å². The Bertz CT molecular complexity index is 3420. The minimum Gasteiger partial charge on any atom is -0.456 e. The van der Waals surface area contributed by atoms with Gasteiger partial charge < -0.3 is 8.98 Å². The van der Waals surface area contributed by atoms with E-state index in [1.165, 1.54) is 47.7 Å². The zero-order valence-corrected chi connectivity index (χ0v) is 31.2. The summed E-state index contributed by atoms with van der Waals surface area (Å²) in [6.07, 6.45) is 0. The van der Waals surface area contributed by atoms with Gasteiger partial charge in [-0.15, -0.1) is 11.3 Å². The first-order valence-corrected chi connectivity index (χ1v) is 19.8. The lowest BCUT2D eigenvalue weighted by atomic mass is 10.0. The van der Waals surface area contributed by atoms with Gasteiger partial charge in [0, 0.05) is 53.7 Å². The summed E-state index contributed by atoms with van der Waals surface area (Å²) in [5, 5.41) is 7.21. The smallest absolute Gasteiger partial charge is 0.164 e. The Hall–Kier alpha value is -7.41. The molecule has 8 aromatic carbocycles. The zero-order valence-electron chi connectivity index (χ0n) is 30.4. The average molecular weight is 747 g/mol. The van der Waals surface area contributed by atoms with E-state index in [4.69, 9.17) is 19.4 Å². The number of rotatable bonds is 5. The molecule has 0 aliphatic rings. The first-order valence-electron chi connectivity index (χ1n) is 19.0. The van der Waals surface area contributed by atoms with Crippen molar-refractivity contribution in [2.45, 2.75) is 0 Å². The fraction of sp³-hybridized carbons (Fsp3) is 0. The van der Waals surface area contributed by atoms with Gasteiger partial charge in [0.05, 0.1) is 21.4 Å². The van der Waals surface area contributed by atoms with Crippen LogP contribution in [0.4, 0.5) is 0 Å². The van der Waals surface area contributed by atoms with Crippen LogP contribution in [-0.2, 0) is 0 Å². The Morgan fingerprint density at radius 3 is 1.49 bits per heavy atom. The van der Waals surface area contributed by atoms with Crippen molar-refractivity contribution in [3.05, 3.63) is 182 Å². The molecule has 0 saturated carbocycles. The van der Waals surface area contributed by atoms with Crippen LogP contribution in [0.2, 0.25) is 0 Å². The monoisotopic (exact) mass is 746 g/mol. The predicted octanol–water partition coefficient (Wildman–Crippen LogP) is 13.9. The van der Waals surface area contributed by atoms with Gasteiger partial charge in [0.2, 0.25) is 0 Å². The highest BCUT2D eigenvalue weighted by Gasteiger charge is 2.18. The Balaban J connectivity index is 0.944. The first kappa shape index (κ1) is 31.9. The van der Waals surface area contributed by atoms with E-state index in [1.807, 2.05) is 78.1 Å². The number of hydrogen-bond donors (Lipinski definition) is 0. The number of para-hydroxylation sites is 2. The molecule has 0 unspecified atom stereocenters. The second-order valence-corrected chi connectivity index (χ2v) is 15.5. The molecular formula is C51H30N4OS. The molecule has 12 aromatic rings. The molecular weight excluding hydrogens is 717 g/mol. The lowest BCUT2D eigenvalue weighted by Crippen LogP contribution is -2.00. The molecule has 0 amide bonds. The van der Waals surface area contributed by atoms with Crippen LogP contribution in [0, 0.1) is 0 Å². The second kappa shape index (κ2) is 12.6. The lowest BCUT2D eigenvalue weighted by Gasteiger charge is -2.09. The summed E-state index contributed by atoms with van der Waals surface area (Å²) in [6, 6.07) is 63.8. The van der Waals surface area contributed by atoms with Crippen LogP contribution >= 0.6 is 11.3 Å². The van der Waals surface area contributed by atoms with Gasteiger partial charge in [0.1, 0.15) is 11.2 Å². The molecule has 57 heavy (non-hydrogen) atoms. The van der Waals surface area contributed by atoms with E-state index in [0.717, 1.165) is 49.8 Å². The van der Waals surface area contributed by atoms with Gasteiger partial charge in [-0.1, -0.05) is 133 Å². The molecule has 6 heteroatoms. The van der Waals surface area contributed by atoms with Crippen molar-refractivity contribution in [3.63, 3.8) is 0 Å². The van der Waals surface area contributed by atoms with Crippen LogP contribution in [0.15, 0.2) is 186 Å². The minimum atomic E-state index is 0.601. The van der Waals surface area contributed by atoms with Gasteiger partial charge in [-0.25, -0.2) is 15.0 Å². The van der Waals surface area contributed by atoms with Gasteiger partial charge >= 0.3 is 0 Å². The molecule has 4 heterocycles. The maximum absolute atomic E-state index is 6.60. The van der Waals surface area contributed by atoms with E-state index in [9.17, 15) is 0 Å². The fourth-order valence-electron chi connectivity index (χ4n) is 8.35. The van der Waals surface area contributed by atoms with Gasteiger partial charge in [-0.2, -0.15) is 0 Å². The van der Waals surface area contributed by atoms with Crippen molar-refractivity contribution in [2.75, 3.05) is 0 Å². The van der Waals surface area contributed by atoms with Crippen LogP contribution in [-0.4, -0.2) is 19.5 Å². The molecule has 0 fully saturated rings. The zero-order chi connectivity index (χ0) is 37.5. The molecule has 0 aliphatic heterocycles. The quantitative estimate of drug-likeness (QED) is 0.176. The van der Waals surface area contributed by atoms with E-state index >= 15 is 0 Å². The van der Waals surface area contributed by atoms with Crippen LogP contribution in [0.25, 0.3) is 115 Å². The van der Waals surface area contributed by atoms with E-state index in [1.54, 1.807) is 0 Å². The standard InChI is InChI=1S/C51H30N4OS/c1-3-12-31(13-4-1)49-52-50(32-14-5-2-6-15-32)54-51(53-49)35-24-26-39-38-25-22-33(28-45(38)56-46(39)29-35)34-23-27-40-41-18-11-21-44(48(41)57-47(40)30-34)55-42-19-9-7-16-36(42)37-17-8-10-20-43(37)55/h1-30H. The summed E-state index contributed by atoms with van der Waals surface area (Å²) >= 11 is 1.86. The van der Waals surface area contributed by atoms with Gasteiger partial charge in [0.25, 0.3) is 0 Å². The Morgan fingerprint density at radius 2 is 0.860 bits per heavy atom. The molecule has 0 saturated heterocycles.